The van der Waals surface area contributed by atoms with Crippen LogP contribution in [0.2, 0.25) is 0 Å². The lowest BCUT2D eigenvalue weighted by atomic mass is 10.2. The molecule has 0 radical (unpaired) electrons. The minimum Gasteiger partial charge on any atom is -0.351 e. The second-order valence-electron chi connectivity index (χ2n) is 5.60. The molecule has 1 amide bonds. The molecule has 2 rings (SSSR count). The van der Waals surface area contributed by atoms with Crippen molar-refractivity contribution in [1.82, 2.24) is 10.0 Å². The van der Waals surface area contributed by atoms with Crippen molar-refractivity contribution < 1.29 is 26.4 Å². The number of nitrogens with two attached hydrogens (primary N) is 1. The fourth-order valence-electron chi connectivity index (χ4n) is 2.21. The minimum absolute atomic E-state index is 0. The highest BCUT2D eigenvalue weighted by Crippen LogP contribution is 2.32. The third-order valence-electron chi connectivity index (χ3n) is 3.69. The van der Waals surface area contributed by atoms with Crippen molar-refractivity contribution in [3.63, 3.8) is 0 Å². The number of hydrogen-bond donors (Lipinski definition) is 3. The summed E-state index contributed by atoms with van der Waals surface area (Å²) in [5.41, 5.74) is 4.46. The molecule has 1 aromatic carbocycles. The van der Waals surface area contributed by atoms with E-state index in [-0.39, 0.29) is 25.0 Å². The zero-order chi connectivity index (χ0) is 18.0. The first-order valence-corrected chi connectivity index (χ1v) is 8.78. The molecule has 0 bridgehead atoms. The summed E-state index contributed by atoms with van der Waals surface area (Å²) in [6.07, 6.45) is -2.74. The summed E-state index contributed by atoms with van der Waals surface area (Å²) < 4.78 is 64.0. The molecule has 1 saturated carbocycles. The molecule has 0 saturated heterocycles. The molecular weight excluding hydrogens is 383 g/mol. The Hall–Kier alpha value is -1.36. The number of carbonyl (C=O) groups is 1. The number of benzene rings is 1. The van der Waals surface area contributed by atoms with E-state index in [1.807, 2.05) is 4.72 Å². The Morgan fingerprint density at radius 1 is 1.32 bits per heavy atom. The maximum Gasteiger partial charge on any atom is 0.416 e. The minimum atomic E-state index is -4.65. The molecule has 11 heteroatoms. The zero-order valence-corrected chi connectivity index (χ0v) is 14.7. The zero-order valence-electron chi connectivity index (χ0n) is 13.0. The van der Waals surface area contributed by atoms with E-state index in [4.69, 9.17) is 5.73 Å². The summed E-state index contributed by atoms with van der Waals surface area (Å²) in [5, 5.41) is 2.62. The van der Waals surface area contributed by atoms with Crippen LogP contribution in [0.15, 0.2) is 29.2 Å². The third kappa shape index (κ3) is 6.14. The SMILES string of the molecule is Cl.NCC(NC(=O)CNS(=O)(=O)c1cccc(C(F)(F)F)c1)C1CC1. The fourth-order valence-corrected chi connectivity index (χ4v) is 3.24. The summed E-state index contributed by atoms with van der Waals surface area (Å²) >= 11 is 0. The molecule has 142 valence electrons. The number of alkyl halides is 3. The first-order valence-electron chi connectivity index (χ1n) is 7.30. The quantitative estimate of drug-likeness (QED) is 0.640. The Labute approximate surface area is 149 Å². The molecule has 1 unspecified atom stereocenters. The Morgan fingerprint density at radius 3 is 2.48 bits per heavy atom. The Kier molecular flexibility index (Phi) is 7.24. The maximum atomic E-state index is 12.6. The first kappa shape index (κ1) is 21.7. The highest BCUT2D eigenvalue weighted by molar-refractivity contribution is 7.89. The van der Waals surface area contributed by atoms with Gasteiger partial charge in [-0.1, -0.05) is 6.07 Å². The summed E-state index contributed by atoms with van der Waals surface area (Å²) in [5.74, 6) is -0.271. The molecule has 1 atom stereocenters. The molecule has 6 nitrogen and oxygen atoms in total. The lowest BCUT2D eigenvalue weighted by Gasteiger charge is -2.16. The lowest BCUT2D eigenvalue weighted by Crippen LogP contribution is -2.46. The van der Waals surface area contributed by atoms with Crippen molar-refractivity contribution in [3.8, 4) is 0 Å². The number of rotatable bonds is 7. The summed E-state index contributed by atoms with van der Waals surface area (Å²) in [6.45, 7) is -0.321. The smallest absolute Gasteiger partial charge is 0.351 e. The molecule has 0 aromatic heterocycles. The molecule has 1 aliphatic carbocycles. The largest absolute Gasteiger partial charge is 0.416 e. The Morgan fingerprint density at radius 2 is 1.96 bits per heavy atom. The van der Waals surface area contributed by atoms with Crippen molar-refractivity contribution in [2.75, 3.05) is 13.1 Å². The molecule has 1 aromatic rings. The second kappa shape index (κ2) is 8.35. The molecule has 0 aliphatic heterocycles. The van der Waals surface area contributed by atoms with E-state index in [9.17, 15) is 26.4 Å². The van der Waals surface area contributed by atoms with E-state index in [1.54, 1.807) is 0 Å². The molecule has 4 N–H and O–H groups in total. The van der Waals surface area contributed by atoms with Crippen LogP contribution >= 0.6 is 12.4 Å². The van der Waals surface area contributed by atoms with Gasteiger partial charge in [-0.3, -0.25) is 4.79 Å². The van der Waals surface area contributed by atoms with Crippen LogP contribution in [0.3, 0.4) is 0 Å². The average molecular weight is 402 g/mol. The maximum absolute atomic E-state index is 12.6. The van der Waals surface area contributed by atoms with Gasteiger partial charge < -0.3 is 11.1 Å². The van der Waals surface area contributed by atoms with Crippen LogP contribution in [0.4, 0.5) is 13.2 Å². The molecular formula is C14H19ClF3N3O3S. The van der Waals surface area contributed by atoms with Crippen LogP contribution in [0.1, 0.15) is 18.4 Å². The van der Waals surface area contributed by atoms with Gasteiger partial charge in [-0.25, -0.2) is 13.1 Å². The average Bonchev–Trinajstić information content (AvgIpc) is 3.35. The van der Waals surface area contributed by atoms with Gasteiger partial charge in [0, 0.05) is 12.6 Å². The van der Waals surface area contributed by atoms with Crippen LogP contribution in [-0.2, 0) is 21.0 Å². The van der Waals surface area contributed by atoms with Gasteiger partial charge in [0.15, 0.2) is 0 Å². The number of sulfonamides is 1. The summed E-state index contributed by atoms with van der Waals surface area (Å²) in [7, 11) is -4.23. The normalized spacial score (nSPS) is 16.0. The van der Waals surface area contributed by atoms with Gasteiger partial charge in [-0.05, 0) is 37.0 Å². The van der Waals surface area contributed by atoms with Crippen LogP contribution in [0.5, 0.6) is 0 Å². The van der Waals surface area contributed by atoms with Crippen LogP contribution in [0.25, 0.3) is 0 Å². The van der Waals surface area contributed by atoms with Crippen molar-refractivity contribution in [2.45, 2.75) is 30.0 Å². The van der Waals surface area contributed by atoms with E-state index >= 15 is 0 Å². The highest BCUT2D eigenvalue weighted by atomic mass is 35.5. The van der Waals surface area contributed by atoms with Gasteiger partial charge in [0.05, 0.1) is 17.0 Å². The lowest BCUT2D eigenvalue weighted by molar-refractivity contribution is -0.137. The molecule has 25 heavy (non-hydrogen) atoms. The Bertz CT molecular complexity index is 709. The monoisotopic (exact) mass is 401 g/mol. The second-order valence-corrected chi connectivity index (χ2v) is 7.36. The predicted molar refractivity (Wildman–Crippen MR) is 87.6 cm³/mol. The van der Waals surface area contributed by atoms with Gasteiger partial charge in [-0.2, -0.15) is 13.2 Å². The molecule has 0 heterocycles. The van der Waals surface area contributed by atoms with Gasteiger partial charge in [0.2, 0.25) is 15.9 Å². The number of carbonyl (C=O) groups excluding carboxylic acids is 1. The van der Waals surface area contributed by atoms with Gasteiger partial charge >= 0.3 is 6.18 Å². The van der Waals surface area contributed by atoms with E-state index in [1.165, 1.54) is 0 Å². The van der Waals surface area contributed by atoms with Crippen LogP contribution < -0.4 is 15.8 Å². The van der Waals surface area contributed by atoms with E-state index in [0.29, 0.717) is 12.0 Å². The van der Waals surface area contributed by atoms with E-state index < -0.39 is 39.1 Å². The van der Waals surface area contributed by atoms with Crippen molar-refractivity contribution in [2.24, 2.45) is 11.7 Å². The van der Waals surface area contributed by atoms with E-state index in [2.05, 4.69) is 5.32 Å². The molecule has 1 fully saturated rings. The van der Waals surface area contributed by atoms with Crippen LogP contribution in [-0.4, -0.2) is 33.5 Å². The summed E-state index contributed by atoms with van der Waals surface area (Å²) in [4.78, 5) is 11.2. The van der Waals surface area contributed by atoms with Crippen molar-refractivity contribution in [1.29, 1.82) is 0 Å². The topological polar surface area (TPSA) is 101 Å². The standard InChI is InChI=1S/C14H18F3N3O3S.ClH/c15-14(16,17)10-2-1-3-11(6-10)24(22,23)19-8-13(21)20-12(7-18)9-4-5-9;/h1-3,6,9,12,19H,4-5,7-8,18H2,(H,20,21);1H. The third-order valence-corrected chi connectivity index (χ3v) is 5.08. The number of halogens is 4. The first-order chi connectivity index (χ1) is 11.1. The van der Waals surface area contributed by atoms with E-state index in [0.717, 1.165) is 31.0 Å². The number of hydrogen-bond acceptors (Lipinski definition) is 4. The highest BCUT2D eigenvalue weighted by Gasteiger charge is 2.32. The fraction of sp³-hybridized carbons (Fsp3) is 0.500. The predicted octanol–water partition coefficient (Wildman–Crippen LogP) is 1.26. The number of nitrogens with one attached hydrogen (secondary N) is 2. The van der Waals surface area contributed by atoms with Gasteiger partial charge in [-0.15, -0.1) is 12.4 Å². The summed E-state index contributed by atoms with van der Waals surface area (Å²) in [6, 6.07) is 3.10. The van der Waals surface area contributed by atoms with Gasteiger partial charge in [0.1, 0.15) is 0 Å². The number of amides is 1. The van der Waals surface area contributed by atoms with Crippen molar-refractivity contribution >= 4 is 28.3 Å². The molecule has 1 aliphatic rings. The molecule has 0 spiro atoms. The Balaban J connectivity index is 0.00000312. The van der Waals surface area contributed by atoms with Crippen LogP contribution in [0, 0.1) is 5.92 Å². The van der Waals surface area contributed by atoms with Crippen molar-refractivity contribution in [3.05, 3.63) is 29.8 Å². The van der Waals surface area contributed by atoms with Gasteiger partial charge in [0.25, 0.3) is 0 Å².